The Hall–Kier alpha value is -1.48. The molecule has 1 heteroatoms. The van der Waals surface area contributed by atoms with Gasteiger partial charge in [-0.2, -0.15) is 0 Å². The first kappa shape index (κ1) is 11.4. The molecule has 0 saturated carbocycles. The second kappa shape index (κ2) is 4.27. The number of benzene rings is 2. The Morgan fingerprint density at radius 2 is 1.74 bits per heavy atom. The summed E-state index contributed by atoms with van der Waals surface area (Å²) < 4.78 is 1.46. The molecule has 0 aliphatic heterocycles. The van der Waals surface area contributed by atoms with Gasteiger partial charge in [-0.15, -0.1) is 0 Å². The van der Waals surface area contributed by atoms with Gasteiger partial charge in [-0.05, 0) is 0 Å². The fourth-order valence-electron chi connectivity index (χ4n) is 3.36. The second-order valence-electron chi connectivity index (χ2n) is 5.42. The van der Waals surface area contributed by atoms with Crippen molar-refractivity contribution in [1.29, 1.82) is 0 Å². The van der Waals surface area contributed by atoms with Crippen LogP contribution >= 0.6 is 0 Å². The summed E-state index contributed by atoms with van der Waals surface area (Å²) in [5.74, 6) is 0. The first-order chi connectivity index (χ1) is 9.34. The van der Waals surface area contributed by atoms with E-state index in [0.29, 0.717) is 0 Å². The molecule has 0 saturated heterocycles. The molecule has 2 aromatic rings. The van der Waals surface area contributed by atoms with Crippen LogP contribution in [0.2, 0.25) is 0 Å². The summed E-state index contributed by atoms with van der Waals surface area (Å²) in [5.41, 5.74) is 8.73. The van der Waals surface area contributed by atoms with E-state index in [1.165, 1.54) is 37.6 Å². The van der Waals surface area contributed by atoms with Gasteiger partial charge in [0.05, 0.1) is 0 Å². The van der Waals surface area contributed by atoms with Crippen molar-refractivity contribution in [1.82, 2.24) is 0 Å². The molecular formula is C18H13Li. The van der Waals surface area contributed by atoms with Crippen molar-refractivity contribution in [3.8, 4) is 11.1 Å². The van der Waals surface area contributed by atoms with Gasteiger partial charge in [0.15, 0.2) is 0 Å². The fraction of sp³-hybridized carbons (Fsp3) is 0.111. The third-order valence-corrected chi connectivity index (χ3v) is 4.39. The molecule has 0 heterocycles. The summed E-state index contributed by atoms with van der Waals surface area (Å²) in [4.78, 5) is 0. The van der Waals surface area contributed by atoms with Crippen LogP contribution < -0.4 is 4.24 Å². The molecule has 0 atom stereocenters. The second-order valence-corrected chi connectivity index (χ2v) is 5.42. The Morgan fingerprint density at radius 1 is 0.895 bits per heavy atom. The van der Waals surface area contributed by atoms with Crippen LogP contribution in [-0.4, -0.2) is 17.7 Å². The first-order valence-electron chi connectivity index (χ1n) is 6.91. The zero-order valence-electron chi connectivity index (χ0n) is 11.1. The van der Waals surface area contributed by atoms with Crippen LogP contribution in [0.25, 0.3) is 16.7 Å². The predicted molar refractivity (Wildman–Crippen MR) is 81.8 cm³/mol. The molecule has 0 N–H and O–H groups in total. The van der Waals surface area contributed by atoms with Crippen molar-refractivity contribution in [3.05, 3.63) is 71.3 Å². The van der Waals surface area contributed by atoms with Crippen molar-refractivity contribution in [2.45, 2.75) is 12.8 Å². The van der Waals surface area contributed by atoms with E-state index >= 15 is 0 Å². The third kappa shape index (κ3) is 1.68. The summed E-state index contributed by atoms with van der Waals surface area (Å²) in [7, 11) is 0. The molecular weight excluding hydrogens is 223 g/mol. The maximum atomic E-state index is 2.31. The van der Waals surface area contributed by atoms with Crippen molar-refractivity contribution >= 4 is 27.5 Å². The van der Waals surface area contributed by atoms with Crippen LogP contribution in [0, 0.1) is 0 Å². The van der Waals surface area contributed by atoms with Gasteiger partial charge in [-0.1, -0.05) is 0 Å². The number of hydrogen-bond donors (Lipinski definition) is 0. The summed E-state index contributed by atoms with van der Waals surface area (Å²) in [6, 6.07) is 13.4. The van der Waals surface area contributed by atoms with Gasteiger partial charge >= 0.3 is 123 Å². The van der Waals surface area contributed by atoms with Gasteiger partial charge < -0.3 is 0 Å². The van der Waals surface area contributed by atoms with Gasteiger partial charge in [0, 0.05) is 0 Å². The molecule has 0 bridgehead atoms. The van der Waals surface area contributed by atoms with Gasteiger partial charge in [0.2, 0.25) is 0 Å². The van der Waals surface area contributed by atoms with E-state index in [9.17, 15) is 0 Å². The molecule has 0 unspecified atom stereocenters. The van der Waals surface area contributed by atoms with E-state index in [0.717, 1.165) is 12.8 Å². The number of rotatable bonds is 1. The first-order valence-corrected chi connectivity index (χ1v) is 6.91. The normalized spacial score (nSPS) is 15.4. The Balaban J connectivity index is 1.89. The topological polar surface area (TPSA) is 0 Å². The van der Waals surface area contributed by atoms with Gasteiger partial charge in [0.25, 0.3) is 0 Å². The van der Waals surface area contributed by atoms with Gasteiger partial charge in [-0.3, -0.25) is 0 Å². The average molecular weight is 236 g/mol. The van der Waals surface area contributed by atoms with E-state index in [1.807, 2.05) is 0 Å². The predicted octanol–water partition coefficient (Wildman–Crippen LogP) is 3.39. The van der Waals surface area contributed by atoms with Gasteiger partial charge in [0.1, 0.15) is 0 Å². The van der Waals surface area contributed by atoms with Crippen molar-refractivity contribution in [2.24, 2.45) is 0 Å². The van der Waals surface area contributed by atoms with Crippen LogP contribution in [0.4, 0.5) is 0 Å². The molecule has 0 aromatic heterocycles. The molecule has 0 fully saturated rings. The maximum absolute atomic E-state index is 2.31. The Morgan fingerprint density at radius 3 is 2.58 bits per heavy atom. The molecule has 19 heavy (non-hydrogen) atoms. The molecule has 0 nitrogen and oxygen atoms in total. The number of hydrogen-bond acceptors (Lipinski definition) is 0. The van der Waals surface area contributed by atoms with E-state index in [4.69, 9.17) is 0 Å². The summed E-state index contributed by atoms with van der Waals surface area (Å²) in [6.07, 6.45) is 8.81. The molecule has 0 spiro atoms. The summed E-state index contributed by atoms with van der Waals surface area (Å²) in [5, 5.41) is 0. The Kier molecular flexibility index (Phi) is 2.55. The minimum atomic E-state index is 1.08. The van der Waals surface area contributed by atoms with Crippen LogP contribution in [-0.2, 0) is 6.42 Å². The van der Waals surface area contributed by atoms with Crippen molar-refractivity contribution in [3.63, 3.8) is 0 Å². The molecule has 0 amide bonds. The molecule has 4 rings (SSSR count). The molecule has 86 valence electrons. The van der Waals surface area contributed by atoms with E-state index in [1.54, 1.807) is 0 Å². The minimum absolute atomic E-state index is 1.08. The Labute approximate surface area is 123 Å². The SMILES string of the molecule is [Li][c]1c(C2=CC=CC2)ccc2c1Cc1ccccc1-2. The summed E-state index contributed by atoms with van der Waals surface area (Å²) in [6.45, 7) is 0. The van der Waals surface area contributed by atoms with Crippen LogP contribution in [0.15, 0.2) is 54.6 Å². The zero-order valence-corrected chi connectivity index (χ0v) is 11.1. The van der Waals surface area contributed by atoms with E-state index < -0.39 is 0 Å². The zero-order chi connectivity index (χ0) is 12.8. The number of allylic oxidation sites excluding steroid dienone is 4. The number of fused-ring (bicyclic) bond motifs is 3. The molecule has 2 aliphatic rings. The monoisotopic (exact) mass is 236 g/mol. The van der Waals surface area contributed by atoms with Crippen LogP contribution in [0.3, 0.4) is 0 Å². The van der Waals surface area contributed by atoms with Crippen LogP contribution in [0.1, 0.15) is 23.1 Å². The van der Waals surface area contributed by atoms with Crippen molar-refractivity contribution < 1.29 is 0 Å². The molecule has 2 aliphatic carbocycles. The van der Waals surface area contributed by atoms with Crippen LogP contribution in [0.5, 0.6) is 0 Å². The fourth-order valence-corrected chi connectivity index (χ4v) is 3.36. The molecule has 0 radical (unpaired) electrons. The molecule has 2 aromatic carbocycles. The van der Waals surface area contributed by atoms with E-state index in [-0.39, 0.29) is 0 Å². The summed E-state index contributed by atoms with van der Waals surface area (Å²) >= 11 is 2.28. The third-order valence-electron chi connectivity index (χ3n) is 4.39. The quantitative estimate of drug-likeness (QED) is 0.568. The standard InChI is InChI=1S/C18H13.Li/c1-2-6-13(5-1)14-9-10-18-16(11-14)12-15-7-3-4-8-17(15)18;/h1-5,7-10H,6,12H2;. The average Bonchev–Trinajstić information content (AvgIpc) is 3.06. The Bertz CT molecular complexity index is 735. The van der Waals surface area contributed by atoms with Crippen molar-refractivity contribution in [2.75, 3.05) is 0 Å². The van der Waals surface area contributed by atoms with Gasteiger partial charge in [-0.25, -0.2) is 0 Å². The van der Waals surface area contributed by atoms with E-state index in [2.05, 4.69) is 72.3 Å².